The van der Waals surface area contributed by atoms with Crippen molar-refractivity contribution >= 4 is 23.5 Å². The number of hydrogen-bond acceptors (Lipinski definition) is 5. The summed E-state index contributed by atoms with van der Waals surface area (Å²) in [4.78, 5) is 13.4. The van der Waals surface area contributed by atoms with Gasteiger partial charge in [-0.3, -0.25) is 5.32 Å². The number of benzene rings is 2. The van der Waals surface area contributed by atoms with Gasteiger partial charge in [-0.15, -0.1) is 11.8 Å². The number of thioether (sulfide) groups is 1. The summed E-state index contributed by atoms with van der Waals surface area (Å²) in [6, 6.07) is 14.0. The summed E-state index contributed by atoms with van der Waals surface area (Å²) in [7, 11) is 0. The minimum Gasteiger partial charge on any atom is -0.508 e. The van der Waals surface area contributed by atoms with E-state index in [9.17, 15) is 15.0 Å². The van der Waals surface area contributed by atoms with E-state index in [0.29, 0.717) is 12.1 Å². The number of aliphatic hydroxyl groups is 1. The smallest absolute Gasteiger partial charge is 0.412 e. The van der Waals surface area contributed by atoms with Gasteiger partial charge in [0.15, 0.2) is 0 Å². The standard InChI is InChI=1S/C19H23NO4S/c1-13(11-12-21)18(14-3-7-16(22)8-4-14)24-19(23)20-15-5-9-17(25-2)10-6-15/h3-10,13,18,21-22H,11-12H2,1-2H3,(H,20,23)/t13-,18-/m0/s1. The highest BCUT2D eigenvalue weighted by Crippen LogP contribution is 2.30. The molecule has 0 aromatic heterocycles. The lowest BCUT2D eigenvalue weighted by Crippen LogP contribution is -2.22. The van der Waals surface area contributed by atoms with Crippen LogP contribution in [0, 0.1) is 5.92 Å². The lowest BCUT2D eigenvalue weighted by Gasteiger charge is -2.24. The summed E-state index contributed by atoms with van der Waals surface area (Å²) in [6.45, 7) is 1.92. The zero-order chi connectivity index (χ0) is 18.2. The third-order valence-electron chi connectivity index (χ3n) is 3.89. The maximum atomic E-state index is 12.3. The van der Waals surface area contributed by atoms with Crippen LogP contribution in [0.5, 0.6) is 5.75 Å². The molecule has 0 aliphatic carbocycles. The average molecular weight is 361 g/mol. The number of phenols is 1. The van der Waals surface area contributed by atoms with Crippen molar-refractivity contribution in [1.82, 2.24) is 0 Å². The second-order valence-electron chi connectivity index (χ2n) is 5.76. The molecular formula is C19H23NO4S. The molecule has 134 valence electrons. The van der Waals surface area contributed by atoms with Crippen molar-refractivity contribution in [2.45, 2.75) is 24.3 Å². The fraction of sp³-hybridized carbons (Fsp3) is 0.316. The van der Waals surface area contributed by atoms with E-state index >= 15 is 0 Å². The molecule has 2 atom stereocenters. The van der Waals surface area contributed by atoms with E-state index in [4.69, 9.17) is 4.74 Å². The van der Waals surface area contributed by atoms with E-state index in [-0.39, 0.29) is 18.3 Å². The van der Waals surface area contributed by atoms with Gasteiger partial charge in [-0.2, -0.15) is 0 Å². The van der Waals surface area contributed by atoms with Crippen LogP contribution >= 0.6 is 11.8 Å². The first-order valence-corrected chi connectivity index (χ1v) is 9.27. The van der Waals surface area contributed by atoms with Crippen molar-refractivity contribution in [1.29, 1.82) is 0 Å². The van der Waals surface area contributed by atoms with E-state index in [1.54, 1.807) is 36.0 Å². The zero-order valence-electron chi connectivity index (χ0n) is 14.3. The average Bonchev–Trinajstić information content (AvgIpc) is 2.61. The van der Waals surface area contributed by atoms with Crippen LogP contribution in [0.4, 0.5) is 10.5 Å². The van der Waals surface area contributed by atoms with Crippen molar-refractivity contribution < 1.29 is 19.7 Å². The second kappa shape index (κ2) is 9.34. The van der Waals surface area contributed by atoms with Gasteiger partial charge in [-0.1, -0.05) is 19.1 Å². The highest BCUT2D eigenvalue weighted by atomic mass is 32.2. The molecule has 0 aliphatic rings. The van der Waals surface area contributed by atoms with E-state index < -0.39 is 12.2 Å². The van der Waals surface area contributed by atoms with Crippen LogP contribution in [0.3, 0.4) is 0 Å². The van der Waals surface area contributed by atoms with Gasteiger partial charge in [0.2, 0.25) is 0 Å². The SMILES string of the molecule is CSc1ccc(NC(=O)O[C@H](c2ccc(O)cc2)[C@@H](C)CCO)cc1. The maximum Gasteiger partial charge on any atom is 0.412 e. The molecule has 0 spiro atoms. The molecule has 1 amide bonds. The zero-order valence-corrected chi connectivity index (χ0v) is 15.1. The number of rotatable bonds is 7. The van der Waals surface area contributed by atoms with Crippen molar-refractivity contribution in [2.75, 3.05) is 18.2 Å². The molecule has 2 aromatic carbocycles. The summed E-state index contributed by atoms with van der Waals surface area (Å²) < 4.78 is 5.60. The summed E-state index contributed by atoms with van der Waals surface area (Å²) >= 11 is 1.63. The molecule has 0 saturated heterocycles. The predicted octanol–water partition coefficient (Wildman–Crippen LogP) is 4.42. The fourth-order valence-electron chi connectivity index (χ4n) is 2.47. The van der Waals surface area contributed by atoms with Gasteiger partial charge in [0.25, 0.3) is 0 Å². The number of ether oxygens (including phenoxy) is 1. The molecule has 2 aromatic rings. The topological polar surface area (TPSA) is 78.8 Å². The molecule has 3 N–H and O–H groups in total. The Morgan fingerprint density at radius 3 is 2.36 bits per heavy atom. The summed E-state index contributed by atoms with van der Waals surface area (Å²) in [5, 5.41) is 21.4. The number of carbonyl (C=O) groups excluding carboxylic acids is 1. The molecule has 5 nitrogen and oxygen atoms in total. The number of anilines is 1. The first-order valence-electron chi connectivity index (χ1n) is 8.05. The number of aromatic hydroxyl groups is 1. The number of amides is 1. The van der Waals surface area contributed by atoms with E-state index in [1.807, 2.05) is 37.4 Å². The Balaban J connectivity index is 2.08. The van der Waals surface area contributed by atoms with Crippen molar-refractivity contribution in [3.63, 3.8) is 0 Å². The third-order valence-corrected chi connectivity index (χ3v) is 4.64. The van der Waals surface area contributed by atoms with E-state index in [1.165, 1.54) is 0 Å². The summed E-state index contributed by atoms with van der Waals surface area (Å²) in [5.41, 5.74) is 1.42. The van der Waals surface area contributed by atoms with E-state index in [2.05, 4.69) is 5.32 Å². The summed E-state index contributed by atoms with van der Waals surface area (Å²) in [5.74, 6) is 0.0785. The maximum absolute atomic E-state index is 12.3. The van der Waals surface area contributed by atoms with Gasteiger partial charge in [0.1, 0.15) is 11.9 Å². The molecule has 6 heteroatoms. The minimum absolute atomic E-state index is 0.0108. The lowest BCUT2D eigenvalue weighted by molar-refractivity contribution is 0.0667. The van der Waals surface area contributed by atoms with Crippen LogP contribution in [0.1, 0.15) is 25.0 Å². The normalized spacial score (nSPS) is 13.1. The lowest BCUT2D eigenvalue weighted by atomic mass is 9.94. The van der Waals surface area contributed by atoms with Gasteiger partial charge < -0.3 is 14.9 Å². The molecule has 0 bridgehead atoms. The molecule has 0 fully saturated rings. The van der Waals surface area contributed by atoms with Crippen LogP contribution in [-0.4, -0.2) is 29.2 Å². The van der Waals surface area contributed by atoms with Gasteiger partial charge in [-0.05, 0) is 60.6 Å². The van der Waals surface area contributed by atoms with Gasteiger partial charge in [-0.25, -0.2) is 4.79 Å². The monoisotopic (exact) mass is 361 g/mol. The van der Waals surface area contributed by atoms with Crippen LogP contribution in [0.2, 0.25) is 0 Å². The highest BCUT2D eigenvalue weighted by Gasteiger charge is 2.23. The molecule has 0 aliphatic heterocycles. The van der Waals surface area contributed by atoms with Gasteiger partial charge in [0.05, 0.1) is 0 Å². The molecule has 0 saturated carbocycles. The molecule has 0 heterocycles. The van der Waals surface area contributed by atoms with Gasteiger partial charge in [0, 0.05) is 17.2 Å². The Morgan fingerprint density at radius 2 is 1.80 bits per heavy atom. The number of carbonyl (C=O) groups is 1. The minimum atomic E-state index is -0.556. The molecule has 0 unspecified atom stereocenters. The van der Waals surface area contributed by atoms with Crippen LogP contribution < -0.4 is 5.32 Å². The second-order valence-corrected chi connectivity index (χ2v) is 6.64. The van der Waals surface area contributed by atoms with Crippen LogP contribution in [0.15, 0.2) is 53.4 Å². The largest absolute Gasteiger partial charge is 0.508 e. The first kappa shape index (κ1) is 19.1. The molecule has 0 radical (unpaired) electrons. The molecule has 2 rings (SSSR count). The van der Waals surface area contributed by atoms with Crippen LogP contribution in [-0.2, 0) is 4.74 Å². The van der Waals surface area contributed by atoms with Crippen molar-refractivity contribution in [3.8, 4) is 5.75 Å². The quantitative estimate of drug-likeness (QED) is 0.636. The molecular weight excluding hydrogens is 338 g/mol. The Bertz CT molecular complexity index is 673. The first-order chi connectivity index (χ1) is 12.0. The van der Waals surface area contributed by atoms with E-state index in [0.717, 1.165) is 10.5 Å². The Labute approximate surface area is 152 Å². The number of hydrogen-bond donors (Lipinski definition) is 3. The third kappa shape index (κ3) is 5.69. The number of phenolic OH excluding ortho intramolecular Hbond substituents is 1. The molecule has 25 heavy (non-hydrogen) atoms. The van der Waals surface area contributed by atoms with Crippen molar-refractivity contribution in [3.05, 3.63) is 54.1 Å². The highest BCUT2D eigenvalue weighted by molar-refractivity contribution is 7.98. The van der Waals surface area contributed by atoms with Gasteiger partial charge >= 0.3 is 6.09 Å². The van der Waals surface area contributed by atoms with Crippen LogP contribution in [0.25, 0.3) is 0 Å². The fourth-order valence-corrected chi connectivity index (χ4v) is 2.88. The van der Waals surface area contributed by atoms with Crippen molar-refractivity contribution in [2.24, 2.45) is 5.92 Å². The Hall–Kier alpha value is -2.18. The number of aliphatic hydroxyl groups excluding tert-OH is 1. The Kier molecular flexibility index (Phi) is 7.16. The summed E-state index contributed by atoms with van der Waals surface area (Å²) in [6.07, 6.45) is 1.42. The number of nitrogens with one attached hydrogen (secondary N) is 1. The predicted molar refractivity (Wildman–Crippen MR) is 100 cm³/mol. The Morgan fingerprint density at radius 1 is 1.16 bits per heavy atom.